The molecule has 0 heterocycles. The molecule has 0 saturated carbocycles. The summed E-state index contributed by atoms with van der Waals surface area (Å²) in [5.74, 6) is 0. The fourth-order valence-corrected chi connectivity index (χ4v) is 2.44. The van der Waals surface area contributed by atoms with Crippen LogP contribution in [0.25, 0.3) is 0 Å². The molecule has 0 aliphatic heterocycles. The minimum absolute atomic E-state index is 0.665. The number of nitrogens with zero attached hydrogens (tertiary/aromatic N) is 1. The third-order valence-corrected chi connectivity index (χ3v) is 4.25. The number of nitrogens with one attached hydrogen (secondary N) is 1. The van der Waals surface area contributed by atoms with E-state index in [1.165, 1.54) is 22.0 Å². The average molecular weight is 313 g/mol. The molecule has 1 unspecified atom stereocenters. The molecule has 1 atom stereocenters. The zero-order chi connectivity index (χ0) is 13.5. The highest BCUT2D eigenvalue weighted by Gasteiger charge is 2.05. The molecule has 1 N–H and O–H groups in total. The van der Waals surface area contributed by atoms with Gasteiger partial charge in [-0.15, -0.1) is 0 Å². The van der Waals surface area contributed by atoms with Crippen molar-refractivity contribution in [2.75, 3.05) is 20.1 Å². The van der Waals surface area contributed by atoms with Gasteiger partial charge in [0.05, 0.1) is 0 Å². The molecule has 0 fully saturated rings. The number of hydrogen-bond donors (Lipinski definition) is 1. The Balaban J connectivity index is 2.29. The molecule has 1 aromatic rings. The lowest BCUT2D eigenvalue weighted by molar-refractivity contribution is 0.251. The summed E-state index contributed by atoms with van der Waals surface area (Å²) in [5.41, 5.74) is 2.62. The fourth-order valence-electron chi connectivity index (χ4n) is 1.81. The van der Waals surface area contributed by atoms with Gasteiger partial charge in [0.25, 0.3) is 0 Å². The van der Waals surface area contributed by atoms with Crippen LogP contribution in [0.4, 0.5) is 0 Å². The molecular weight excluding hydrogens is 288 g/mol. The average Bonchev–Trinajstić information content (AvgIpc) is 2.35. The van der Waals surface area contributed by atoms with Crippen molar-refractivity contribution >= 4 is 15.9 Å². The van der Waals surface area contributed by atoms with E-state index in [9.17, 15) is 0 Å². The summed E-state index contributed by atoms with van der Waals surface area (Å²) in [6, 6.07) is 7.18. The van der Waals surface area contributed by atoms with E-state index < -0.39 is 0 Å². The van der Waals surface area contributed by atoms with Gasteiger partial charge in [0, 0.05) is 30.1 Å². The Bertz CT molecular complexity index is 366. The van der Waals surface area contributed by atoms with Crippen molar-refractivity contribution in [2.45, 2.75) is 39.8 Å². The zero-order valence-electron chi connectivity index (χ0n) is 12.0. The van der Waals surface area contributed by atoms with Crippen LogP contribution in [0.5, 0.6) is 0 Å². The molecular formula is C15H25BrN2. The first-order chi connectivity index (χ1) is 8.54. The van der Waals surface area contributed by atoms with Crippen LogP contribution >= 0.6 is 15.9 Å². The van der Waals surface area contributed by atoms with Crippen molar-refractivity contribution in [1.82, 2.24) is 10.2 Å². The third-order valence-electron chi connectivity index (χ3n) is 3.51. The molecule has 0 amide bonds. The summed E-state index contributed by atoms with van der Waals surface area (Å²) in [6.07, 6.45) is 1.21. The van der Waals surface area contributed by atoms with Crippen molar-refractivity contribution in [3.8, 4) is 0 Å². The lowest BCUT2D eigenvalue weighted by Crippen LogP contribution is -2.34. The lowest BCUT2D eigenvalue weighted by atomic mass is 10.1. The molecule has 102 valence electrons. The van der Waals surface area contributed by atoms with Crippen molar-refractivity contribution in [2.24, 2.45) is 0 Å². The Hall–Kier alpha value is -0.380. The largest absolute Gasteiger partial charge is 0.311 e. The molecule has 0 aliphatic carbocycles. The Morgan fingerprint density at radius 2 is 2.11 bits per heavy atom. The summed E-state index contributed by atoms with van der Waals surface area (Å²) in [6.45, 7) is 9.67. The molecule has 0 aliphatic rings. The number of likely N-dealkylation sites (N-methyl/N-ethyl adjacent to an activating group) is 1. The first-order valence-corrected chi connectivity index (χ1v) is 7.50. The highest BCUT2D eigenvalue weighted by molar-refractivity contribution is 9.10. The predicted octanol–water partition coefficient (Wildman–Crippen LogP) is 3.58. The van der Waals surface area contributed by atoms with Crippen molar-refractivity contribution in [3.63, 3.8) is 0 Å². The van der Waals surface area contributed by atoms with Gasteiger partial charge in [-0.1, -0.05) is 35.0 Å². The molecule has 0 aromatic heterocycles. The summed E-state index contributed by atoms with van der Waals surface area (Å²) in [7, 11) is 2.19. The molecule has 1 rings (SSSR count). The van der Waals surface area contributed by atoms with E-state index >= 15 is 0 Å². The Kier molecular flexibility index (Phi) is 6.90. The monoisotopic (exact) mass is 312 g/mol. The Labute approximate surface area is 120 Å². The topological polar surface area (TPSA) is 15.3 Å². The van der Waals surface area contributed by atoms with Gasteiger partial charge in [-0.2, -0.15) is 0 Å². The molecule has 2 nitrogen and oxygen atoms in total. The van der Waals surface area contributed by atoms with E-state index in [2.05, 4.69) is 72.2 Å². The van der Waals surface area contributed by atoms with Crippen LogP contribution in [-0.4, -0.2) is 31.1 Å². The maximum atomic E-state index is 3.61. The molecule has 18 heavy (non-hydrogen) atoms. The van der Waals surface area contributed by atoms with Gasteiger partial charge in [-0.3, -0.25) is 0 Å². The maximum Gasteiger partial charge on any atom is 0.0222 e. The van der Waals surface area contributed by atoms with Crippen LogP contribution < -0.4 is 5.32 Å². The van der Waals surface area contributed by atoms with Gasteiger partial charge in [0.1, 0.15) is 0 Å². The van der Waals surface area contributed by atoms with Crippen LogP contribution in [-0.2, 0) is 6.54 Å². The minimum atomic E-state index is 0.665. The van der Waals surface area contributed by atoms with Crippen molar-refractivity contribution in [3.05, 3.63) is 33.8 Å². The highest BCUT2D eigenvalue weighted by atomic mass is 79.9. The number of benzene rings is 1. The lowest BCUT2D eigenvalue weighted by Gasteiger charge is -2.23. The molecule has 0 radical (unpaired) electrons. The van der Waals surface area contributed by atoms with Crippen LogP contribution in [0.3, 0.4) is 0 Å². The van der Waals surface area contributed by atoms with Crippen molar-refractivity contribution in [1.29, 1.82) is 0 Å². The SMILES string of the molecule is CCC(C)N(C)CCNCc1ccc(C)cc1Br. The number of aryl methyl sites for hydroxylation is 1. The number of hydrogen-bond acceptors (Lipinski definition) is 2. The van der Waals surface area contributed by atoms with E-state index in [-0.39, 0.29) is 0 Å². The first-order valence-electron chi connectivity index (χ1n) is 6.70. The summed E-state index contributed by atoms with van der Waals surface area (Å²) >= 11 is 3.61. The van der Waals surface area contributed by atoms with Gasteiger partial charge in [-0.05, 0) is 44.5 Å². The molecule has 1 aromatic carbocycles. The highest BCUT2D eigenvalue weighted by Crippen LogP contribution is 2.17. The van der Waals surface area contributed by atoms with E-state index in [4.69, 9.17) is 0 Å². The second-order valence-corrected chi connectivity index (χ2v) is 5.86. The van der Waals surface area contributed by atoms with Gasteiger partial charge < -0.3 is 10.2 Å². The van der Waals surface area contributed by atoms with E-state index in [0.29, 0.717) is 6.04 Å². The maximum absolute atomic E-state index is 3.61. The second-order valence-electron chi connectivity index (χ2n) is 5.01. The second kappa shape index (κ2) is 7.93. The van der Waals surface area contributed by atoms with Gasteiger partial charge in [-0.25, -0.2) is 0 Å². The molecule has 0 bridgehead atoms. The van der Waals surface area contributed by atoms with Gasteiger partial charge in [0.2, 0.25) is 0 Å². The summed E-state index contributed by atoms with van der Waals surface area (Å²) in [4.78, 5) is 2.40. The third kappa shape index (κ3) is 5.09. The van der Waals surface area contributed by atoms with E-state index in [1.807, 2.05) is 0 Å². The Morgan fingerprint density at radius 3 is 2.72 bits per heavy atom. The minimum Gasteiger partial charge on any atom is -0.311 e. The van der Waals surface area contributed by atoms with E-state index in [0.717, 1.165) is 19.6 Å². The standard InChI is InChI=1S/C15H25BrN2/c1-5-13(3)18(4)9-8-17-11-14-7-6-12(2)10-15(14)16/h6-7,10,13,17H,5,8-9,11H2,1-4H3. The molecule has 3 heteroatoms. The van der Waals surface area contributed by atoms with Crippen LogP contribution in [0.2, 0.25) is 0 Å². The summed E-state index contributed by atoms with van der Waals surface area (Å²) in [5, 5.41) is 3.50. The van der Waals surface area contributed by atoms with Crippen LogP contribution in [0.1, 0.15) is 31.4 Å². The van der Waals surface area contributed by atoms with Crippen LogP contribution in [0.15, 0.2) is 22.7 Å². The molecule has 0 saturated heterocycles. The van der Waals surface area contributed by atoms with Crippen molar-refractivity contribution < 1.29 is 0 Å². The van der Waals surface area contributed by atoms with Gasteiger partial charge >= 0.3 is 0 Å². The smallest absolute Gasteiger partial charge is 0.0222 e. The van der Waals surface area contributed by atoms with Crippen LogP contribution in [0, 0.1) is 6.92 Å². The first kappa shape index (κ1) is 15.7. The molecule has 0 spiro atoms. The quantitative estimate of drug-likeness (QED) is 0.774. The van der Waals surface area contributed by atoms with Gasteiger partial charge in [0.15, 0.2) is 0 Å². The number of halogens is 1. The zero-order valence-corrected chi connectivity index (χ0v) is 13.5. The normalized spacial score (nSPS) is 13.0. The number of rotatable bonds is 7. The van der Waals surface area contributed by atoms with E-state index in [1.54, 1.807) is 0 Å². The summed E-state index contributed by atoms with van der Waals surface area (Å²) < 4.78 is 1.20. The predicted molar refractivity (Wildman–Crippen MR) is 83.0 cm³/mol. The fraction of sp³-hybridized carbons (Fsp3) is 0.600. The Morgan fingerprint density at radius 1 is 1.39 bits per heavy atom.